The van der Waals surface area contributed by atoms with Crippen molar-refractivity contribution in [1.82, 2.24) is 25.4 Å². The zero-order valence-electron chi connectivity index (χ0n) is 15.4. The molecule has 2 atom stereocenters. The Morgan fingerprint density at radius 3 is 2.96 bits per heavy atom. The van der Waals surface area contributed by atoms with Gasteiger partial charge in [-0.15, -0.1) is 45.5 Å². The lowest BCUT2D eigenvalue weighted by Gasteiger charge is -2.19. The first-order valence-corrected chi connectivity index (χ1v) is 9.56. The van der Waals surface area contributed by atoms with E-state index in [0.29, 0.717) is 6.54 Å². The van der Waals surface area contributed by atoms with E-state index < -0.39 is 0 Å². The molecule has 0 aromatic carbocycles. The third-order valence-electron chi connectivity index (χ3n) is 4.41. The van der Waals surface area contributed by atoms with Crippen LogP contribution in [-0.4, -0.2) is 40.0 Å². The van der Waals surface area contributed by atoms with Gasteiger partial charge in [-0.2, -0.15) is 0 Å². The highest BCUT2D eigenvalue weighted by Gasteiger charge is 2.17. The van der Waals surface area contributed by atoms with Gasteiger partial charge < -0.3 is 19.9 Å². The van der Waals surface area contributed by atoms with Crippen LogP contribution >= 0.6 is 35.3 Å². The fraction of sp³-hybridized carbons (Fsp3) is 0.588. The summed E-state index contributed by atoms with van der Waals surface area (Å²) < 4.78 is 7.66. The molecule has 144 valence electrons. The van der Waals surface area contributed by atoms with E-state index in [9.17, 15) is 0 Å². The molecular weight excluding hydrogens is 463 g/mol. The normalized spacial score (nSPS) is 18.4. The number of thiophene rings is 1. The van der Waals surface area contributed by atoms with E-state index in [1.807, 2.05) is 18.5 Å². The number of hydrogen-bond donors (Lipinski definition) is 2. The van der Waals surface area contributed by atoms with Crippen molar-refractivity contribution in [2.75, 3.05) is 13.2 Å². The number of rotatable bonds is 6. The molecule has 0 bridgehead atoms. The molecule has 0 radical (unpaired) electrons. The number of aliphatic imine (C=N–C) groups is 1. The third-order valence-corrected chi connectivity index (χ3v) is 5.46. The molecule has 7 nitrogen and oxygen atoms in total. The van der Waals surface area contributed by atoms with Crippen molar-refractivity contribution < 1.29 is 4.74 Å². The number of ether oxygens (including phenoxy) is 1. The number of halogens is 1. The number of aryl methyl sites for hydroxylation is 1. The van der Waals surface area contributed by atoms with Crippen LogP contribution in [0.15, 0.2) is 22.5 Å². The van der Waals surface area contributed by atoms with Crippen molar-refractivity contribution in [3.05, 3.63) is 34.0 Å². The van der Waals surface area contributed by atoms with Gasteiger partial charge in [0.25, 0.3) is 0 Å². The molecule has 0 spiro atoms. The Morgan fingerprint density at radius 1 is 1.50 bits per heavy atom. The van der Waals surface area contributed by atoms with Crippen LogP contribution in [0.2, 0.25) is 0 Å². The Hall–Kier alpha value is -1.20. The largest absolute Gasteiger partial charge is 0.376 e. The molecule has 0 amide bonds. The zero-order chi connectivity index (χ0) is 17.6. The monoisotopic (exact) mass is 490 g/mol. The molecule has 2 aromatic rings. The van der Waals surface area contributed by atoms with Crippen molar-refractivity contribution in [3.8, 4) is 0 Å². The predicted molar refractivity (Wildman–Crippen MR) is 115 cm³/mol. The average Bonchev–Trinajstić information content (AvgIpc) is 3.35. The van der Waals surface area contributed by atoms with E-state index in [-0.39, 0.29) is 36.1 Å². The summed E-state index contributed by atoms with van der Waals surface area (Å²) in [6.07, 6.45) is 2.50. The first-order valence-electron chi connectivity index (χ1n) is 8.68. The number of guanidine groups is 1. The van der Waals surface area contributed by atoms with E-state index in [1.165, 1.54) is 4.88 Å². The second kappa shape index (κ2) is 10.2. The van der Waals surface area contributed by atoms with Gasteiger partial charge in [-0.1, -0.05) is 6.07 Å². The van der Waals surface area contributed by atoms with Gasteiger partial charge in [0, 0.05) is 25.1 Å². The van der Waals surface area contributed by atoms with Crippen LogP contribution in [0, 0.1) is 6.92 Å². The summed E-state index contributed by atoms with van der Waals surface area (Å²) in [5, 5.41) is 17.2. The maximum Gasteiger partial charge on any atom is 0.192 e. The van der Waals surface area contributed by atoms with Gasteiger partial charge in [0.15, 0.2) is 11.8 Å². The Labute approximate surface area is 175 Å². The van der Waals surface area contributed by atoms with Gasteiger partial charge in [-0.05, 0) is 38.1 Å². The van der Waals surface area contributed by atoms with Gasteiger partial charge in [0.1, 0.15) is 12.4 Å². The molecule has 3 rings (SSSR count). The average molecular weight is 490 g/mol. The quantitative estimate of drug-likeness (QED) is 0.370. The zero-order valence-corrected chi connectivity index (χ0v) is 18.6. The van der Waals surface area contributed by atoms with Crippen molar-refractivity contribution >= 4 is 41.3 Å². The van der Waals surface area contributed by atoms with Gasteiger partial charge >= 0.3 is 0 Å². The molecular formula is C17H27IN6OS. The minimum atomic E-state index is 0. The van der Waals surface area contributed by atoms with Gasteiger partial charge in [0.2, 0.25) is 0 Å². The summed E-state index contributed by atoms with van der Waals surface area (Å²) in [6.45, 7) is 6.18. The predicted octanol–water partition coefficient (Wildman–Crippen LogP) is 2.78. The Balaban J connectivity index is 0.00000243. The topological polar surface area (TPSA) is 76.4 Å². The van der Waals surface area contributed by atoms with Crippen LogP contribution < -0.4 is 10.6 Å². The van der Waals surface area contributed by atoms with Crippen LogP contribution in [0.5, 0.6) is 0 Å². The van der Waals surface area contributed by atoms with Crippen LogP contribution in [-0.2, 0) is 18.3 Å². The lowest BCUT2D eigenvalue weighted by atomic mass is 10.2. The number of nitrogens with one attached hydrogen (secondary N) is 2. The van der Waals surface area contributed by atoms with Gasteiger partial charge in [0.05, 0.1) is 12.1 Å². The van der Waals surface area contributed by atoms with E-state index >= 15 is 0 Å². The van der Waals surface area contributed by atoms with Crippen LogP contribution in [0.25, 0.3) is 0 Å². The molecule has 1 fully saturated rings. The maximum atomic E-state index is 5.70. The molecule has 1 saturated heterocycles. The first kappa shape index (κ1) is 21.1. The molecule has 3 heterocycles. The number of hydrogen-bond acceptors (Lipinski definition) is 5. The molecule has 0 saturated carbocycles. The van der Waals surface area contributed by atoms with Crippen LogP contribution in [0.3, 0.4) is 0 Å². The molecule has 2 unspecified atom stereocenters. The summed E-state index contributed by atoms with van der Waals surface area (Å²) in [5.41, 5.74) is 0. The van der Waals surface area contributed by atoms with Crippen LogP contribution in [0.4, 0.5) is 0 Å². The molecule has 9 heteroatoms. The summed E-state index contributed by atoms with van der Waals surface area (Å²) in [7, 11) is 1.96. The summed E-state index contributed by atoms with van der Waals surface area (Å²) >= 11 is 1.74. The fourth-order valence-electron chi connectivity index (χ4n) is 2.72. The van der Waals surface area contributed by atoms with Crippen molar-refractivity contribution in [2.24, 2.45) is 12.0 Å². The smallest absolute Gasteiger partial charge is 0.192 e. The molecule has 1 aliphatic rings. The molecule has 2 aromatic heterocycles. The van der Waals surface area contributed by atoms with Crippen molar-refractivity contribution in [3.63, 3.8) is 0 Å². The molecule has 26 heavy (non-hydrogen) atoms. The Bertz CT molecular complexity index is 696. The highest BCUT2D eigenvalue weighted by molar-refractivity contribution is 14.0. The molecule has 1 aliphatic heterocycles. The Morgan fingerprint density at radius 2 is 2.35 bits per heavy atom. The lowest BCUT2D eigenvalue weighted by molar-refractivity contribution is 0.113. The SMILES string of the molecule is Cc1nnc(CN=C(NCC2CCCO2)NC(C)c2cccs2)n1C.I. The summed E-state index contributed by atoms with van der Waals surface area (Å²) in [4.78, 5) is 5.98. The third kappa shape index (κ3) is 5.65. The highest BCUT2D eigenvalue weighted by Crippen LogP contribution is 2.18. The van der Waals surface area contributed by atoms with E-state index in [0.717, 1.165) is 43.6 Å². The highest BCUT2D eigenvalue weighted by atomic mass is 127. The minimum absolute atomic E-state index is 0. The fourth-order valence-corrected chi connectivity index (χ4v) is 3.46. The molecule has 0 aliphatic carbocycles. The van der Waals surface area contributed by atoms with Crippen LogP contribution in [0.1, 0.15) is 42.3 Å². The van der Waals surface area contributed by atoms with E-state index in [2.05, 4.69) is 45.3 Å². The van der Waals surface area contributed by atoms with E-state index in [1.54, 1.807) is 11.3 Å². The second-order valence-electron chi connectivity index (χ2n) is 6.28. The van der Waals surface area contributed by atoms with Crippen molar-refractivity contribution in [1.29, 1.82) is 0 Å². The van der Waals surface area contributed by atoms with Gasteiger partial charge in [-0.25, -0.2) is 4.99 Å². The second-order valence-corrected chi connectivity index (χ2v) is 7.26. The van der Waals surface area contributed by atoms with Gasteiger partial charge in [-0.3, -0.25) is 0 Å². The summed E-state index contributed by atoms with van der Waals surface area (Å²) in [6, 6.07) is 4.39. The van der Waals surface area contributed by atoms with E-state index in [4.69, 9.17) is 9.73 Å². The lowest BCUT2D eigenvalue weighted by Crippen LogP contribution is -2.42. The number of nitrogens with zero attached hydrogens (tertiary/aromatic N) is 4. The Kier molecular flexibility index (Phi) is 8.29. The first-order chi connectivity index (χ1) is 12.1. The maximum absolute atomic E-state index is 5.70. The minimum Gasteiger partial charge on any atom is -0.376 e. The molecule has 2 N–H and O–H groups in total. The number of aromatic nitrogens is 3. The standard InChI is InChI=1S/C17H26N6OS.HI/c1-12(15-7-5-9-25-15)20-17(18-10-14-6-4-8-24-14)19-11-16-22-21-13(2)23(16)3;/h5,7,9,12,14H,4,6,8,10-11H2,1-3H3,(H2,18,19,20);1H. The summed E-state index contributed by atoms with van der Waals surface area (Å²) in [5.74, 6) is 2.51. The van der Waals surface area contributed by atoms with Crippen molar-refractivity contribution in [2.45, 2.75) is 45.4 Å².